The minimum absolute atomic E-state index is 0.479. The van der Waals surface area contributed by atoms with E-state index in [-0.39, 0.29) is 0 Å². The lowest BCUT2D eigenvalue weighted by molar-refractivity contribution is 0.0407. The summed E-state index contributed by atoms with van der Waals surface area (Å²) in [5.74, 6) is 0.0185. The number of fused-ring (bicyclic) bond motifs is 1. The lowest BCUT2D eigenvalue weighted by Crippen LogP contribution is -2.35. The highest BCUT2D eigenvalue weighted by molar-refractivity contribution is 9.10. The van der Waals surface area contributed by atoms with Crippen LogP contribution in [0.1, 0.15) is 89.4 Å². The van der Waals surface area contributed by atoms with Gasteiger partial charge in [0.25, 0.3) is 0 Å². The van der Waals surface area contributed by atoms with Crippen LogP contribution in [0.25, 0.3) is 5.70 Å². The molecule has 0 saturated carbocycles. The van der Waals surface area contributed by atoms with E-state index < -0.39 is 10.7 Å². The number of ether oxygens (including phenoxy) is 1. The summed E-state index contributed by atoms with van der Waals surface area (Å²) >= 11 is 5.03. The third kappa shape index (κ3) is 6.14. The van der Waals surface area contributed by atoms with Gasteiger partial charge in [0.2, 0.25) is 10.8 Å². The van der Waals surface area contributed by atoms with E-state index in [9.17, 15) is 4.79 Å². The van der Waals surface area contributed by atoms with Gasteiger partial charge < -0.3 is 4.74 Å². The number of aromatic nitrogens is 2. The van der Waals surface area contributed by atoms with E-state index in [0.29, 0.717) is 12.4 Å². The molecule has 0 fully saturated rings. The third-order valence-electron chi connectivity index (χ3n) is 5.67. The Morgan fingerprint density at radius 1 is 1.03 bits per heavy atom. The first-order valence-electron chi connectivity index (χ1n) is 11.4. The van der Waals surface area contributed by atoms with Crippen molar-refractivity contribution in [2.45, 2.75) is 83.0 Å². The van der Waals surface area contributed by atoms with Crippen molar-refractivity contribution in [2.24, 2.45) is 0 Å². The molecule has 0 bridgehead atoms. The number of rotatable bonds is 13. The maximum atomic E-state index is 12.2. The number of unbranched alkanes of at least 4 members (excludes halogenated alkanes) is 9. The summed E-state index contributed by atoms with van der Waals surface area (Å²) in [6.45, 7) is 4.74. The van der Waals surface area contributed by atoms with Crippen LogP contribution in [-0.2, 0) is 9.67 Å². The smallest absolute Gasteiger partial charge is 0.352 e. The first-order valence-corrected chi connectivity index (χ1v) is 13.1. The standard InChI is InChI=1S/C24H33BrN2O3S/c1-3-4-5-6-7-8-9-10-11-12-17-29-24(20-13-15-21(25)16-14-20)22-26-30-23(28)27(22)19(2)18-31-24/h13-16,18H,3-12,17H2,1-2H3. The molecule has 2 heterocycles. The van der Waals surface area contributed by atoms with Gasteiger partial charge in [0.15, 0.2) is 0 Å². The first-order chi connectivity index (χ1) is 15.1. The summed E-state index contributed by atoms with van der Waals surface area (Å²) in [5.41, 5.74) is 1.74. The van der Waals surface area contributed by atoms with Gasteiger partial charge in [-0.05, 0) is 30.9 Å². The highest BCUT2D eigenvalue weighted by atomic mass is 79.9. The van der Waals surface area contributed by atoms with E-state index in [1.165, 1.54) is 67.7 Å². The Labute approximate surface area is 197 Å². The molecule has 3 rings (SSSR count). The number of thioether (sulfide) groups is 1. The van der Waals surface area contributed by atoms with E-state index in [1.807, 2.05) is 36.6 Å². The molecule has 1 aliphatic rings. The second-order valence-corrected chi connectivity index (χ2v) is 10.1. The van der Waals surface area contributed by atoms with Crippen LogP contribution in [0.3, 0.4) is 0 Å². The first kappa shape index (κ1) is 24.3. The molecule has 1 unspecified atom stereocenters. The summed E-state index contributed by atoms with van der Waals surface area (Å²) in [4.78, 5) is 11.3. The summed E-state index contributed by atoms with van der Waals surface area (Å²) in [6, 6.07) is 7.98. The molecule has 1 aromatic heterocycles. The lowest BCUT2D eigenvalue weighted by Gasteiger charge is -2.34. The number of hydrogen-bond donors (Lipinski definition) is 0. The molecule has 0 radical (unpaired) electrons. The fourth-order valence-electron chi connectivity index (χ4n) is 3.90. The number of allylic oxidation sites excluding steroid dienone is 1. The van der Waals surface area contributed by atoms with Gasteiger partial charge in [-0.15, -0.1) is 0 Å². The van der Waals surface area contributed by atoms with Crippen LogP contribution in [0.4, 0.5) is 0 Å². The maximum absolute atomic E-state index is 12.2. The van der Waals surface area contributed by atoms with Crippen molar-refractivity contribution in [3.8, 4) is 0 Å². The monoisotopic (exact) mass is 508 g/mol. The van der Waals surface area contributed by atoms with Gasteiger partial charge in [0.1, 0.15) is 0 Å². The molecular formula is C24H33BrN2O3S. The zero-order valence-electron chi connectivity index (χ0n) is 18.6. The van der Waals surface area contributed by atoms with E-state index in [1.54, 1.807) is 0 Å². The SMILES string of the molecule is CCCCCCCCCCCCOC1(c2ccc(Br)cc2)SC=C(C)n2c1noc2=O. The van der Waals surface area contributed by atoms with Crippen LogP contribution >= 0.6 is 27.7 Å². The van der Waals surface area contributed by atoms with Gasteiger partial charge >= 0.3 is 5.76 Å². The van der Waals surface area contributed by atoms with E-state index in [4.69, 9.17) is 9.26 Å². The molecule has 1 aromatic carbocycles. The van der Waals surface area contributed by atoms with Gasteiger partial charge in [-0.3, -0.25) is 4.52 Å². The number of benzene rings is 1. The zero-order valence-corrected chi connectivity index (χ0v) is 21.0. The number of hydrogen-bond acceptors (Lipinski definition) is 5. The van der Waals surface area contributed by atoms with Gasteiger partial charge in [0.05, 0.1) is 0 Å². The Morgan fingerprint density at radius 3 is 2.29 bits per heavy atom. The average Bonchev–Trinajstić information content (AvgIpc) is 3.17. The van der Waals surface area contributed by atoms with E-state index in [2.05, 4.69) is 28.0 Å². The van der Waals surface area contributed by atoms with Gasteiger partial charge in [-0.25, -0.2) is 9.36 Å². The summed E-state index contributed by atoms with van der Waals surface area (Å²) in [6.07, 6.45) is 12.8. The average molecular weight is 510 g/mol. The van der Waals surface area contributed by atoms with Crippen molar-refractivity contribution in [3.05, 3.63) is 56.1 Å². The van der Waals surface area contributed by atoms with Crippen LogP contribution in [0.5, 0.6) is 0 Å². The second-order valence-electron chi connectivity index (χ2n) is 8.14. The van der Waals surface area contributed by atoms with Gasteiger partial charge in [-0.2, -0.15) is 0 Å². The van der Waals surface area contributed by atoms with Crippen molar-refractivity contribution < 1.29 is 9.26 Å². The normalized spacial score (nSPS) is 18.1. The highest BCUT2D eigenvalue weighted by Gasteiger charge is 2.44. The van der Waals surface area contributed by atoms with E-state index >= 15 is 0 Å². The maximum Gasteiger partial charge on any atom is 0.446 e. The fourth-order valence-corrected chi connectivity index (χ4v) is 5.26. The van der Waals surface area contributed by atoms with Crippen LogP contribution < -0.4 is 5.76 Å². The molecule has 2 aromatic rings. The van der Waals surface area contributed by atoms with Crippen molar-refractivity contribution in [1.29, 1.82) is 0 Å². The molecule has 1 aliphatic heterocycles. The highest BCUT2D eigenvalue weighted by Crippen LogP contribution is 2.47. The summed E-state index contributed by atoms with van der Waals surface area (Å²) < 4.78 is 14.0. The molecule has 0 spiro atoms. The van der Waals surface area contributed by atoms with Crippen LogP contribution in [-0.4, -0.2) is 16.3 Å². The molecule has 0 N–H and O–H groups in total. The predicted molar refractivity (Wildman–Crippen MR) is 131 cm³/mol. The van der Waals surface area contributed by atoms with Crippen molar-refractivity contribution in [1.82, 2.24) is 9.72 Å². The van der Waals surface area contributed by atoms with Crippen molar-refractivity contribution in [3.63, 3.8) is 0 Å². The van der Waals surface area contributed by atoms with Crippen LogP contribution in [0.15, 0.2) is 43.5 Å². The largest absolute Gasteiger partial charge is 0.446 e. The Morgan fingerprint density at radius 2 is 1.65 bits per heavy atom. The fraction of sp³-hybridized carbons (Fsp3) is 0.583. The summed E-state index contributed by atoms with van der Waals surface area (Å²) in [7, 11) is 0. The second kappa shape index (κ2) is 12.1. The molecule has 170 valence electrons. The lowest BCUT2D eigenvalue weighted by atomic mass is 10.1. The molecule has 7 heteroatoms. The Kier molecular flexibility index (Phi) is 9.48. The molecule has 0 amide bonds. The number of nitrogens with zero attached hydrogens (tertiary/aromatic N) is 2. The Hall–Kier alpha value is -1.31. The molecular weight excluding hydrogens is 476 g/mol. The minimum Gasteiger partial charge on any atom is -0.352 e. The number of halogens is 1. The third-order valence-corrected chi connectivity index (χ3v) is 7.53. The topological polar surface area (TPSA) is 57.3 Å². The predicted octanol–water partition coefficient (Wildman–Crippen LogP) is 7.30. The van der Waals surface area contributed by atoms with E-state index in [0.717, 1.165) is 28.6 Å². The van der Waals surface area contributed by atoms with Gasteiger partial charge in [-0.1, -0.05) is 110 Å². The molecule has 0 saturated heterocycles. The molecule has 5 nitrogen and oxygen atoms in total. The summed E-state index contributed by atoms with van der Waals surface area (Å²) in [5, 5.41) is 6.06. The Balaban J connectivity index is 1.58. The molecule has 31 heavy (non-hydrogen) atoms. The Bertz CT molecular complexity index is 906. The zero-order chi connectivity index (χ0) is 22.1. The minimum atomic E-state index is -0.883. The molecule has 1 atom stereocenters. The van der Waals surface area contributed by atoms with Crippen LogP contribution in [0.2, 0.25) is 0 Å². The molecule has 0 aliphatic carbocycles. The van der Waals surface area contributed by atoms with Gasteiger partial charge in [0, 0.05) is 22.3 Å². The van der Waals surface area contributed by atoms with Crippen LogP contribution in [0, 0.1) is 0 Å². The van der Waals surface area contributed by atoms with Crippen molar-refractivity contribution in [2.75, 3.05) is 6.61 Å². The van der Waals surface area contributed by atoms with Crippen molar-refractivity contribution >= 4 is 33.4 Å². The quantitative estimate of drug-likeness (QED) is 0.265.